The van der Waals surface area contributed by atoms with E-state index >= 15 is 0 Å². The fourth-order valence-corrected chi connectivity index (χ4v) is 5.84. The molecule has 1 aliphatic heterocycles. The first kappa shape index (κ1) is 25.3. The summed E-state index contributed by atoms with van der Waals surface area (Å²) in [6.45, 7) is 1.28. The highest BCUT2D eigenvalue weighted by atomic mass is 19.4. The molecule has 5 aromatic heterocycles. The van der Waals surface area contributed by atoms with E-state index in [-0.39, 0.29) is 40.2 Å². The van der Waals surface area contributed by atoms with Gasteiger partial charge in [0.2, 0.25) is 5.95 Å². The maximum atomic E-state index is 14.0. The van der Waals surface area contributed by atoms with E-state index in [1.807, 2.05) is 0 Å². The molecule has 2 aliphatic rings. The second-order valence-electron chi connectivity index (χ2n) is 10.5. The minimum Gasteiger partial charge on any atom is -0.453 e. The number of nitrogens with one attached hydrogen (secondary N) is 2. The highest BCUT2D eigenvalue weighted by Gasteiger charge is 2.49. The molecule has 0 bridgehead atoms. The van der Waals surface area contributed by atoms with Crippen molar-refractivity contribution in [3.63, 3.8) is 0 Å². The summed E-state index contributed by atoms with van der Waals surface area (Å²) in [6, 6.07) is 4.49. The number of ether oxygens (including phenoxy) is 2. The molecule has 1 aliphatic carbocycles. The molecule has 41 heavy (non-hydrogen) atoms. The van der Waals surface area contributed by atoms with E-state index in [4.69, 9.17) is 9.47 Å². The number of hydrogen-bond donors (Lipinski definition) is 2. The van der Waals surface area contributed by atoms with Crippen molar-refractivity contribution in [2.45, 2.75) is 37.9 Å². The topological polar surface area (TPSA) is 144 Å². The second kappa shape index (κ2) is 9.16. The molecule has 0 atom stereocenters. The number of hydrogen-bond acceptors (Lipinski definition) is 9. The molecule has 210 valence electrons. The van der Waals surface area contributed by atoms with Gasteiger partial charge in [-0.1, -0.05) is 0 Å². The lowest BCUT2D eigenvalue weighted by atomic mass is 9.61. The van der Waals surface area contributed by atoms with Gasteiger partial charge in [-0.2, -0.15) is 33.6 Å². The van der Waals surface area contributed by atoms with E-state index in [2.05, 4.69) is 41.6 Å². The zero-order valence-corrected chi connectivity index (χ0v) is 21.7. The maximum Gasteiger partial charge on any atom is 0.433 e. The number of alkyl halides is 3. The quantitative estimate of drug-likeness (QED) is 0.301. The summed E-state index contributed by atoms with van der Waals surface area (Å²) in [4.78, 5) is 13.0. The first-order valence-corrected chi connectivity index (χ1v) is 13.0. The van der Waals surface area contributed by atoms with Crippen LogP contribution in [0.3, 0.4) is 0 Å². The number of aryl methyl sites for hydroxylation is 1. The molecule has 5 aromatic rings. The lowest BCUT2D eigenvalue weighted by molar-refractivity contribution is -0.148. The summed E-state index contributed by atoms with van der Waals surface area (Å²) in [6.07, 6.45) is 2.85. The maximum absolute atomic E-state index is 14.0. The van der Waals surface area contributed by atoms with Gasteiger partial charge in [0.25, 0.3) is 0 Å². The average molecular weight is 565 g/mol. The van der Waals surface area contributed by atoms with Gasteiger partial charge in [0.1, 0.15) is 28.6 Å². The van der Waals surface area contributed by atoms with Crippen LogP contribution in [0.4, 0.5) is 24.9 Å². The summed E-state index contributed by atoms with van der Waals surface area (Å²) < 4.78 is 56.0. The zero-order valence-electron chi connectivity index (χ0n) is 21.7. The smallest absolute Gasteiger partial charge is 0.433 e. The molecular weight excluding hydrogens is 541 g/mol. The molecule has 0 amide bonds. The van der Waals surface area contributed by atoms with E-state index in [1.165, 1.54) is 17.0 Å². The van der Waals surface area contributed by atoms with Gasteiger partial charge >= 0.3 is 6.18 Å². The third kappa shape index (κ3) is 4.31. The van der Waals surface area contributed by atoms with E-state index in [1.54, 1.807) is 19.3 Å². The molecular formula is C26H23F3N10O2. The standard InChI is InChI=1S/C26H23F3N10O2/c1-38-21-17(10-30)18(41-16-6-14-11-33-36-22(14)31-12-16)13-32-23(21)35-24(38)34-20-7-19(26(27,28)29)39(37-20)15-8-25(9-15)2-4-40-5-3-25/h6-7,11-13,15H,2-5,8-9H2,1H3,(H,31,33,36)(H,32,34,35,37). The molecule has 6 heterocycles. The predicted molar refractivity (Wildman–Crippen MR) is 138 cm³/mol. The highest BCUT2D eigenvalue weighted by Crippen LogP contribution is 2.55. The highest BCUT2D eigenvalue weighted by molar-refractivity contribution is 5.84. The molecule has 1 saturated heterocycles. The minimum absolute atomic E-state index is 0.00173. The Labute approximate surface area is 230 Å². The first-order chi connectivity index (χ1) is 19.7. The fourth-order valence-electron chi connectivity index (χ4n) is 5.84. The van der Waals surface area contributed by atoms with Gasteiger partial charge in [-0.25, -0.2) is 9.97 Å². The molecule has 0 aromatic carbocycles. The number of nitriles is 1. The number of aromatic nitrogens is 8. The lowest BCUT2D eigenvalue weighted by Crippen LogP contribution is -2.43. The predicted octanol–water partition coefficient (Wildman–Crippen LogP) is 4.99. The van der Waals surface area contributed by atoms with Crippen molar-refractivity contribution in [1.82, 2.24) is 39.5 Å². The van der Waals surface area contributed by atoms with Gasteiger partial charge < -0.3 is 19.4 Å². The van der Waals surface area contributed by atoms with Crippen LogP contribution in [0.1, 0.15) is 43.0 Å². The summed E-state index contributed by atoms with van der Waals surface area (Å²) >= 11 is 0. The van der Waals surface area contributed by atoms with Crippen LogP contribution in [0.15, 0.2) is 30.7 Å². The third-order valence-corrected chi connectivity index (χ3v) is 7.97. The van der Waals surface area contributed by atoms with Crippen LogP contribution in [0.2, 0.25) is 0 Å². The molecule has 2 N–H and O–H groups in total. The molecule has 0 radical (unpaired) electrons. The number of halogens is 3. The van der Waals surface area contributed by atoms with Crippen molar-refractivity contribution in [3.05, 3.63) is 42.0 Å². The van der Waals surface area contributed by atoms with E-state index in [0.717, 1.165) is 29.0 Å². The van der Waals surface area contributed by atoms with Crippen LogP contribution < -0.4 is 10.1 Å². The Hall–Kier alpha value is -4.71. The van der Waals surface area contributed by atoms with Gasteiger partial charge in [0.15, 0.2) is 22.9 Å². The largest absolute Gasteiger partial charge is 0.453 e. The van der Waals surface area contributed by atoms with Crippen molar-refractivity contribution in [2.24, 2.45) is 12.5 Å². The third-order valence-electron chi connectivity index (χ3n) is 7.97. The van der Waals surface area contributed by atoms with Crippen molar-refractivity contribution in [1.29, 1.82) is 5.26 Å². The van der Waals surface area contributed by atoms with Gasteiger partial charge in [-0.3, -0.25) is 9.78 Å². The Morgan fingerprint density at radius 2 is 1.98 bits per heavy atom. The molecule has 2 fully saturated rings. The van der Waals surface area contributed by atoms with Crippen LogP contribution in [0, 0.1) is 16.7 Å². The first-order valence-electron chi connectivity index (χ1n) is 13.0. The Balaban J connectivity index is 1.19. The van der Waals surface area contributed by atoms with E-state index in [0.29, 0.717) is 43.0 Å². The Bertz CT molecular complexity index is 1820. The number of H-pyrrole nitrogens is 1. The van der Waals surface area contributed by atoms with Crippen LogP contribution in [-0.2, 0) is 18.0 Å². The van der Waals surface area contributed by atoms with Gasteiger partial charge in [0, 0.05) is 31.7 Å². The Kier molecular flexibility index (Phi) is 5.65. The number of pyridine rings is 2. The molecule has 7 rings (SSSR count). The average Bonchev–Trinajstić information content (AvgIpc) is 3.65. The number of fused-ring (bicyclic) bond motifs is 2. The summed E-state index contributed by atoms with van der Waals surface area (Å²) in [5.41, 5.74) is 0.523. The summed E-state index contributed by atoms with van der Waals surface area (Å²) in [5, 5.41) is 24.6. The Morgan fingerprint density at radius 3 is 2.73 bits per heavy atom. The fraction of sp³-hybridized carbons (Fsp3) is 0.385. The van der Waals surface area contributed by atoms with Crippen molar-refractivity contribution < 1.29 is 22.6 Å². The number of imidazole rings is 1. The minimum atomic E-state index is -4.58. The molecule has 0 unspecified atom stereocenters. The van der Waals surface area contributed by atoms with Crippen LogP contribution in [-0.4, -0.2) is 52.7 Å². The second-order valence-corrected chi connectivity index (χ2v) is 10.5. The number of aromatic amines is 1. The Morgan fingerprint density at radius 1 is 1.17 bits per heavy atom. The summed E-state index contributed by atoms with van der Waals surface area (Å²) in [5.74, 6) is 0.726. The number of anilines is 2. The SMILES string of the molecule is Cn1c(Nc2cc(C(F)(F)F)n(C3CC4(CCOCC4)C3)n2)nc2ncc(Oc3cnc4[nH]ncc4c3)c(C#N)c21. The molecule has 15 heteroatoms. The normalized spacial score (nSPS) is 17.1. The number of nitrogens with zero attached hydrogens (tertiary/aromatic N) is 8. The van der Waals surface area contributed by atoms with Crippen molar-refractivity contribution in [3.8, 4) is 17.6 Å². The van der Waals surface area contributed by atoms with Crippen LogP contribution in [0.25, 0.3) is 22.2 Å². The van der Waals surface area contributed by atoms with Gasteiger partial charge in [-0.05, 0) is 37.2 Å². The summed E-state index contributed by atoms with van der Waals surface area (Å²) in [7, 11) is 1.63. The monoisotopic (exact) mass is 564 g/mol. The van der Waals surface area contributed by atoms with Crippen LogP contribution >= 0.6 is 0 Å². The van der Waals surface area contributed by atoms with Gasteiger partial charge in [-0.15, -0.1) is 0 Å². The van der Waals surface area contributed by atoms with Gasteiger partial charge in [0.05, 0.1) is 24.6 Å². The molecule has 1 spiro atoms. The molecule has 1 saturated carbocycles. The van der Waals surface area contributed by atoms with E-state index < -0.39 is 11.9 Å². The van der Waals surface area contributed by atoms with Crippen LogP contribution in [0.5, 0.6) is 11.5 Å². The lowest BCUT2D eigenvalue weighted by Gasteiger charge is -2.50. The molecule has 12 nitrogen and oxygen atoms in total. The van der Waals surface area contributed by atoms with Crippen molar-refractivity contribution in [2.75, 3.05) is 18.5 Å². The van der Waals surface area contributed by atoms with Crippen molar-refractivity contribution >= 4 is 34.0 Å². The zero-order chi connectivity index (χ0) is 28.4. The van der Waals surface area contributed by atoms with E-state index in [9.17, 15) is 18.4 Å². The number of rotatable bonds is 5.